The van der Waals surface area contributed by atoms with Crippen LogP contribution in [-0.4, -0.2) is 36.4 Å². The van der Waals surface area contributed by atoms with Gasteiger partial charge < -0.3 is 18.7 Å². The van der Waals surface area contributed by atoms with Crippen LogP contribution in [0.3, 0.4) is 0 Å². The van der Waals surface area contributed by atoms with Crippen molar-refractivity contribution in [3.8, 4) is 28.6 Å². The number of aryl methyl sites for hydroxylation is 1. The Labute approximate surface area is 168 Å². The normalized spacial score (nSPS) is 13.1. The van der Waals surface area contributed by atoms with Gasteiger partial charge in [0.25, 0.3) is 5.91 Å². The minimum atomic E-state index is -0.161. The summed E-state index contributed by atoms with van der Waals surface area (Å²) in [6.45, 7) is 4.55. The second-order valence-corrected chi connectivity index (χ2v) is 6.55. The average molecular weight is 395 g/mol. The second kappa shape index (κ2) is 7.83. The highest BCUT2D eigenvalue weighted by Crippen LogP contribution is 2.34. The van der Waals surface area contributed by atoms with E-state index in [-0.39, 0.29) is 19.1 Å². The quantitative estimate of drug-likeness (QED) is 0.632. The molecule has 2 heterocycles. The van der Waals surface area contributed by atoms with Gasteiger partial charge in [0.2, 0.25) is 11.7 Å². The summed E-state index contributed by atoms with van der Waals surface area (Å²) < 4.78 is 21.8. The Morgan fingerprint density at radius 2 is 2.03 bits per heavy atom. The fraction of sp³-hybridized carbons (Fsp3) is 0.286. The molecular formula is C21H21N3O5. The van der Waals surface area contributed by atoms with Crippen molar-refractivity contribution in [2.45, 2.75) is 20.4 Å². The zero-order valence-electron chi connectivity index (χ0n) is 16.5. The molecule has 0 N–H and O–H groups in total. The van der Waals surface area contributed by atoms with Crippen LogP contribution < -0.4 is 19.1 Å². The zero-order valence-corrected chi connectivity index (χ0v) is 16.5. The summed E-state index contributed by atoms with van der Waals surface area (Å²) in [5.74, 6) is 2.47. The number of nitrogens with zero attached hydrogens (tertiary/aromatic N) is 3. The largest absolute Gasteiger partial charge is 0.493 e. The molecule has 4 rings (SSSR count). The molecule has 0 fully saturated rings. The molecule has 2 aromatic carbocycles. The standard InChI is InChI=1S/C21H21N3O5/c1-4-27-17-8-6-14(10-18(17)26-3)21-22-19(29-23-21)11-24-15-9-13(2)5-7-16(15)28-12-20(24)25/h5-10H,4,11-12H2,1-3H3. The van der Waals surface area contributed by atoms with E-state index < -0.39 is 0 Å². The van der Waals surface area contributed by atoms with E-state index in [1.807, 2.05) is 38.1 Å². The van der Waals surface area contributed by atoms with E-state index in [1.165, 1.54) is 0 Å². The van der Waals surface area contributed by atoms with Gasteiger partial charge in [0.1, 0.15) is 12.3 Å². The number of anilines is 1. The van der Waals surface area contributed by atoms with Crippen molar-refractivity contribution in [3.05, 3.63) is 47.9 Å². The van der Waals surface area contributed by atoms with E-state index in [1.54, 1.807) is 24.1 Å². The summed E-state index contributed by atoms with van der Waals surface area (Å²) in [4.78, 5) is 18.5. The van der Waals surface area contributed by atoms with Crippen molar-refractivity contribution in [3.63, 3.8) is 0 Å². The fourth-order valence-corrected chi connectivity index (χ4v) is 3.14. The number of hydrogen-bond donors (Lipinski definition) is 0. The molecule has 1 aliphatic rings. The molecule has 0 spiro atoms. The van der Waals surface area contributed by atoms with Crippen molar-refractivity contribution in [2.24, 2.45) is 0 Å². The molecule has 0 radical (unpaired) electrons. The molecule has 0 atom stereocenters. The number of hydrogen-bond acceptors (Lipinski definition) is 7. The number of carbonyl (C=O) groups excluding carboxylic acids is 1. The number of rotatable bonds is 6. The summed E-state index contributed by atoms with van der Waals surface area (Å²) in [6, 6.07) is 11.1. The van der Waals surface area contributed by atoms with E-state index in [2.05, 4.69) is 10.1 Å². The first kappa shape index (κ1) is 18.8. The topological polar surface area (TPSA) is 86.9 Å². The first-order valence-corrected chi connectivity index (χ1v) is 9.26. The Bertz CT molecular complexity index is 1050. The fourth-order valence-electron chi connectivity index (χ4n) is 3.14. The minimum Gasteiger partial charge on any atom is -0.493 e. The van der Waals surface area contributed by atoms with E-state index in [9.17, 15) is 4.79 Å². The van der Waals surface area contributed by atoms with Crippen molar-refractivity contribution >= 4 is 11.6 Å². The SMILES string of the molecule is CCOc1ccc(-c2noc(CN3C(=O)COc4ccc(C)cc43)n2)cc1OC. The van der Waals surface area contributed by atoms with Gasteiger partial charge in [0.05, 0.1) is 19.4 Å². The summed E-state index contributed by atoms with van der Waals surface area (Å²) in [5, 5.41) is 4.05. The van der Waals surface area contributed by atoms with Gasteiger partial charge in [0, 0.05) is 5.56 Å². The monoisotopic (exact) mass is 395 g/mol. The second-order valence-electron chi connectivity index (χ2n) is 6.55. The third kappa shape index (κ3) is 3.73. The van der Waals surface area contributed by atoms with Crippen LogP contribution in [-0.2, 0) is 11.3 Å². The maximum absolute atomic E-state index is 12.4. The molecule has 8 nitrogen and oxygen atoms in total. The Hall–Kier alpha value is -3.55. The number of carbonyl (C=O) groups is 1. The molecule has 1 aromatic heterocycles. The predicted octanol–water partition coefficient (Wildman–Crippen LogP) is 3.38. The number of aromatic nitrogens is 2. The summed E-state index contributed by atoms with van der Waals surface area (Å²) in [7, 11) is 1.58. The lowest BCUT2D eigenvalue weighted by molar-refractivity contribution is -0.121. The van der Waals surface area contributed by atoms with Gasteiger partial charge in [-0.05, 0) is 49.7 Å². The van der Waals surface area contributed by atoms with Gasteiger partial charge in [0.15, 0.2) is 18.1 Å². The number of methoxy groups -OCH3 is 1. The van der Waals surface area contributed by atoms with Crippen LogP contribution in [0.2, 0.25) is 0 Å². The van der Waals surface area contributed by atoms with E-state index in [4.69, 9.17) is 18.7 Å². The predicted molar refractivity (Wildman–Crippen MR) is 105 cm³/mol. The van der Waals surface area contributed by atoms with Crippen LogP contribution in [0.1, 0.15) is 18.4 Å². The van der Waals surface area contributed by atoms with E-state index in [0.29, 0.717) is 41.3 Å². The maximum atomic E-state index is 12.4. The maximum Gasteiger partial charge on any atom is 0.265 e. The van der Waals surface area contributed by atoms with Crippen molar-refractivity contribution < 1.29 is 23.5 Å². The number of benzene rings is 2. The molecule has 150 valence electrons. The highest BCUT2D eigenvalue weighted by Gasteiger charge is 2.27. The summed E-state index contributed by atoms with van der Waals surface area (Å²) in [5.41, 5.74) is 2.45. The number of ether oxygens (including phenoxy) is 3. The highest BCUT2D eigenvalue weighted by atomic mass is 16.5. The third-order valence-corrected chi connectivity index (χ3v) is 4.54. The number of amides is 1. The Morgan fingerprint density at radius 1 is 1.17 bits per heavy atom. The first-order chi connectivity index (χ1) is 14.1. The Balaban J connectivity index is 1.59. The zero-order chi connectivity index (χ0) is 20.4. The molecule has 0 saturated carbocycles. The molecule has 1 aliphatic heterocycles. The third-order valence-electron chi connectivity index (χ3n) is 4.54. The lowest BCUT2D eigenvalue weighted by Gasteiger charge is -2.28. The lowest BCUT2D eigenvalue weighted by Crippen LogP contribution is -2.38. The molecule has 29 heavy (non-hydrogen) atoms. The molecule has 0 saturated heterocycles. The van der Waals surface area contributed by atoms with Crippen LogP contribution in [0.4, 0.5) is 5.69 Å². The van der Waals surface area contributed by atoms with Crippen LogP contribution in [0.5, 0.6) is 17.2 Å². The summed E-state index contributed by atoms with van der Waals surface area (Å²) in [6.07, 6.45) is 0. The van der Waals surface area contributed by atoms with Crippen LogP contribution >= 0.6 is 0 Å². The summed E-state index contributed by atoms with van der Waals surface area (Å²) >= 11 is 0. The van der Waals surface area contributed by atoms with Crippen molar-refractivity contribution in [1.29, 1.82) is 0 Å². The van der Waals surface area contributed by atoms with E-state index in [0.717, 1.165) is 11.1 Å². The molecule has 8 heteroatoms. The smallest absolute Gasteiger partial charge is 0.265 e. The van der Waals surface area contributed by atoms with Crippen molar-refractivity contribution in [1.82, 2.24) is 10.1 Å². The molecule has 3 aromatic rings. The molecule has 0 aliphatic carbocycles. The van der Waals surface area contributed by atoms with Gasteiger partial charge >= 0.3 is 0 Å². The van der Waals surface area contributed by atoms with Gasteiger partial charge in [-0.25, -0.2) is 0 Å². The lowest BCUT2D eigenvalue weighted by atomic mass is 10.1. The van der Waals surface area contributed by atoms with Gasteiger partial charge in [-0.3, -0.25) is 9.69 Å². The van der Waals surface area contributed by atoms with Gasteiger partial charge in [-0.2, -0.15) is 4.98 Å². The van der Waals surface area contributed by atoms with E-state index >= 15 is 0 Å². The van der Waals surface area contributed by atoms with Gasteiger partial charge in [-0.1, -0.05) is 11.2 Å². The van der Waals surface area contributed by atoms with Crippen LogP contribution in [0.25, 0.3) is 11.4 Å². The number of fused-ring (bicyclic) bond motifs is 1. The van der Waals surface area contributed by atoms with Crippen molar-refractivity contribution in [2.75, 3.05) is 25.2 Å². The average Bonchev–Trinajstić information content (AvgIpc) is 3.19. The van der Waals surface area contributed by atoms with Crippen LogP contribution in [0, 0.1) is 6.92 Å². The molecular weight excluding hydrogens is 374 g/mol. The first-order valence-electron chi connectivity index (χ1n) is 9.26. The minimum absolute atomic E-state index is 0.0207. The molecule has 0 unspecified atom stereocenters. The Kier molecular flexibility index (Phi) is 5.07. The molecule has 0 bridgehead atoms. The van der Waals surface area contributed by atoms with Gasteiger partial charge in [-0.15, -0.1) is 0 Å². The molecule has 1 amide bonds. The Morgan fingerprint density at radius 3 is 2.83 bits per heavy atom. The highest BCUT2D eigenvalue weighted by molar-refractivity contribution is 5.97. The van der Waals surface area contributed by atoms with Crippen LogP contribution in [0.15, 0.2) is 40.9 Å².